The minimum Gasteiger partial charge on any atom is -0.478 e. The Bertz CT molecular complexity index is 1220. The van der Waals surface area contributed by atoms with E-state index in [1.54, 1.807) is 18.2 Å². The second-order valence-electron chi connectivity index (χ2n) is 6.29. The third kappa shape index (κ3) is 5.19. The van der Waals surface area contributed by atoms with E-state index in [9.17, 15) is 28.0 Å². The third-order valence-corrected chi connectivity index (χ3v) is 4.12. The fraction of sp³-hybridized carbons (Fsp3) is 0.0455. The summed E-state index contributed by atoms with van der Waals surface area (Å²) < 4.78 is 44.0. The highest BCUT2D eigenvalue weighted by molar-refractivity contribution is 6.09. The number of aromatic carboxylic acids is 1. The lowest BCUT2D eigenvalue weighted by Gasteiger charge is -2.09. The zero-order valence-corrected chi connectivity index (χ0v) is 15.6. The molecule has 0 aliphatic heterocycles. The summed E-state index contributed by atoms with van der Waals surface area (Å²) in [6.07, 6.45) is -3.44. The van der Waals surface area contributed by atoms with Gasteiger partial charge in [-0.25, -0.2) is 4.79 Å². The second-order valence-corrected chi connectivity index (χ2v) is 6.29. The Morgan fingerprint density at radius 1 is 1.06 bits per heavy atom. The first-order chi connectivity index (χ1) is 14.7. The molecule has 6 nitrogen and oxygen atoms in total. The fourth-order valence-electron chi connectivity index (χ4n) is 2.65. The quantitative estimate of drug-likeness (QED) is 0.431. The normalized spacial score (nSPS) is 11.6. The molecule has 0 aliphatic carbocycles. The van der Waals surface area contributed by atoms with E-state index in [0.717, 1.165) is 24.3 Å². The molecule has 9 heteroatoms. The summed E-state index contributed by atoms with van der Waals surface area (Å²) in [5.74, 6) is -1.57. The maximum absolute atomic E-state index is 12.8. The number of nitrogens with one attached hydrogen (secondary N) is 1. The molecule has 3 aromatic rings. The Kier molecular flexibility index (Phi) is 5.93. The number of rotatable bonds is 5. The minimum atomic E-state index is -4.57. The van der Waals surface area contributed by atoms with Gasteiger partial charge in [-0.2, -0.15) is 18.4 Å². The van der Waals surface area contributed by atoms with E-state index >= 15 is 0 Å². The number of carboxylic acids is 1. The number of carbonyl (C=O) groups is 2. The highest BCUT2D eigenvalue weighted by atomic mass is 19.4. The van der Waals surface area contributed by atoms with Crippen molar-refractivity contribution < 1.29 is 32.3 Å². The number of nitriles is 1. The Hall–Kier alpha value is -4.32. The lowest BCUT2D eigenvalue weighted by atomic mass is 10.1. The van der Waals surface area contributed by atoms with Crippen molar-refractivity contribution in [2.24, 2.45) is 0 Å². The molecule has 2 aromatic carbocycles. The molecule has 0 atom stereocenters. The molecule has 2 N–H and O–H groups in total. The van der Waals surface area contributed by atoms with Crippen molar-refractivity contribution in [1.29, 1.82) is 5.26 Å². The van der Waals surface area contributed by atoms with Gasteiger partial charge < -0.3 is 14.8 Å². The number of hydrogen-bond donors (Lipinski definition) is 2. The molecule has 0 saturated heterocycles. The average Bonchev–Trinajstić information content (AvgIpc) is 3.20. The summed E-state index contributed by atoms with van der Waals surface area (Å²) in [5, 5.41) is 20.6. The van der Waals surface area contributed by atoms with Crippen LogP contribution < -0.4 is 5.32 Å². The smallest absolute Gasteiger partial charge is 0.416 e. The lowest BCUT2D eigenvalue weighted by molar-refractivity contribution is -0.137. The average molecular weight is 426 g/mol. The predicted molar refractivity (Wildman–Crippen MR) is 105 cm³/mol. The van der Waals surface area contributed by atoms with Gasteiger partial charge in [-0.3, -0.25) is 4.79 Å². The first-order valence-electron chi connectivity index (χ1n) is 8.71. The maximum Gasteiger partial charge on any atom is 0.416 e. The van der Waals surface area contributed by atoms with E-state index < -0.39 is 29.2 Å². The van der Waals surface area contributed by atoms with Crippen LogP contribution in [0.25, 0.3) is 17.4 Å². The molecule has 3 rings (SSSR count). The van der Waals surface area contributed by atoms with E-state index in [2.05, 4.69) is 5.32 Å². The number of nitrogens with zero attached hydrogens (tertiary/aromatic N) is 1. The molecule has 0 bridgehead atoms. The monoisotopic (exact) mass is 426 g/mol. The number of benzene rings is 2. The van der Waals surface area contributed by atoms with Gasteiger partial charge in [0.2, 0.25) is 0 Å². The van der Waals surface area contributed by atoms with E-state index in [-0.39, 0.29) is 17.0 Å². The van der Waals surface area contributed by atoms with Crippen molar-refractivity contribution >= 4 is 23.6 Å². The van der Waals surface area contributed by atoms with Crippen molar-refractivity contribution in [2.75, 3.05) is 5.32 Å². The van der Waals surface area contributed by atoms with Crippen molar-refractivity contribution in [2.45, 2.75) is 6.18 Å². The van der Waals surface area contributed by atoms with Crippen LogP contribution in [0.1, 0.15) is 21.7 Å². The Morgan fingerprint density at radius 3 is 2.48 bits per heavy atom. The largest absolute Gasteiger partial charge is 0.478 e. The third-order valence-electron chi connectivity index (χ3n) is 4.12. The predicted octanol–water partition coefficient (Wildman–Crippen LogP) is 5.21. The van der Waals surface area contributed by atoms with Crippen molar-refractivity contribution in [3.8, 4) is 17.4 Å². The first kappa shape index (κ1) is 21.4. The minimum absolute atomic E-state index is 0.0594. The van der Waals surface area contributed by atoms with Gasteiger partial charge >= 0.3 is 12.1 Å². The van der Waals surface area contributed by atoms with Gasteiger partial charge in [-0.05, 0) is 42.5 Å². The van der Waals surface area contributed by atoms with Gasteiger partial charge in [0.25, 0.3) is 5.91 Å². The van der Waals surface area contributed by atoms with Gasteiger partial charge in [0.15, 0.2) is 0 Å². The molecule has 156 valence electrons. The van der Waals surface area contributed by atoms with Gasteiger partial charge in [0.05, 0.1) is 11.1 Å². The zero-order chi connectivity index (χ0) is 22.6. The van der Waals surface area contributed by atoms with Crippen LogP contribution >= 0.6 is 0 Å². The maximum atomic E-state index is 12.8. The Balaban J connectivity index is 1.81. The van der Waals surface area contributed by atoms with Crippen molar-refractivity contribution in [1.82, 2.24) is 0 Å². The van der Waals surface area contributed by atoms with Crippen LogP contribution in [-0.4, -0.2) is 17.0 Å². The van der Waals surface area contributed by atoms with Gasteiger partial charge in [-0.15, -0.1) is 0 Å². The van der Waals surface area contributed by atoms with Crippen LogP contribution in [0.15, 0.2) is 70.7 Å². The number of carboxylic acid groups (broad SMARTS) is 1. The van der Waals surface area contributed by atoms with Crippen LogP contribution in [-0.2, 0) is 11.0 Å². The van der Waals surface area contributed by atoms with E-state index in [4.69, 9.17) is 9.52 Å². The van der Waals surface area contributed by atoms with Crippen LogP contribution in [0.5, 0.6) is 0 Å². The van der Waals surface area contributed by atoms with E-state index in [0.29, 0.717) is 11.3 Å². The molecule has 0 saturated carbocycles. The zero-order valence-electron chi connectivity index (χ0n) is 15.6. The van der Waals surface area contributed by atoms with E-state index in [1.165, 1.54) is 30.3 Å². The molecular formula is C22H13F3N2O4. The van der Waals surface area contributed by atoms with Gasteiger partial charge in [0, 0.05) is 17.3 Å². The topological polar surface area (TPSA) is 103 Å². The molecule has 1 heterocycles. The molecule has 31 heavy (non-hydrogen) atoms. The highest BCUT2D eigenvalue weighted by Crippen LogP contribution is 2.31. The number of furan rings is 1. The number of carbonyl (C=O) groups excluding carboxylic acids is 1. The highest BCUT2D eigenvalue weighted by Gasteiger charge is 2.30. The first-order valence-corrected chi connectivity index (χ1v) is 8.71. The molecule has 0 fully saturated rings. The second kappa shape index (κ2) is 8.59. The van der Waals surface area contributed by atoms with Crippen molar-refractivity contribution in [3.63, 3.8) is 0 Å². The standard InChI is InChI=1S/C22H13F3N2O4/c23-22(24,25)16-5-2-6-17(11-16)27-20(28)15(12-26)10-18-7-8-19(31-18)13-3-1-4-14(9-13)21(29)30/h1-11H,(H,27,28)(H,29,30)/b15-10+. The van der Waals surface area contributed by atoms with Crippen LogP contribution in [0.2, 0.25) is 0 Å². The van der Waals surface area contributed by atoms with Crippen molar-refractivity contribution in [3.05, 3.63) is 83.1 Å². The molecule has 1 amide bonds. The number of hydrogen-bond acceptors (Lipinski definition) is 4. The molecule has 0 spiro atoms. The number of anilines is 1. The van der Waals surface area contributed by atoms with Gasteiger partial charge in [0.1, 0.15) is 23.2 Å². The summed E-state index contributed by atoms with van der Waals surface area (Å²) >= 11 is 0. The molecular weight excluding hydrogens is 413 g/mol. The number of alkyl halides is 3. The molecule has 0 aliphatic rings. The Morgan fingerprint density at radius 2 is 1.81 bits per heavy atom. The summed E-state index contributed by atoms with van der Waals surface area (Å²) in [7, 11) is 0. The number of halogens is 3. The van der Waals surface area contributed by atoms with Crippen LogP contribution in [0, 0.1) is 11.3 Å². The summed E-state index contributed by atoms with van der Waals surface area (Å²) in [6.45, 7) is 0. The van der Waals surface area contributed by atoms with E-state index in [1.807, 2.05) is 0 Å². The van der Waals surface area contributed by atoms with Crippen LogP contribution in [0.3, 0.4) is 0 Å². The summed E-state index contributed by atoms with van der Waals surface area (Å²) in [6, 6.07) is 14.7. The fourth-order valence-corrected chi connectivity index (χ4v) is 2.65. The van der Waals surface area contributed by atoms with Crippen LogP contribution in [0.4, 0.5) is 18.9 Å². The summed E-state index contributed by atoms with van der Waals surface area (Å²) in [5.41, 5.74) is -0.910. The Labute approximate surface area is 173 Å². The SMILES string of the molecule is N#C/C(=C\c1ccc(-c2cccc(C(=O)O)c2)o1)C(=O)Nc1cccc(C(F)(F)F)c1. The summed E-state index contributed by atoms with van der Waals surface area (Å²) in [4.78, 5) is 23.4. The lowest BCUT2D eigenvalue weighted by Crippen LogP contribution is -2.14. The molecule has 1 aromatic heterocycles. The molecule has 0 radical (unpaired) electrons. The van der Waals surface area contributed by atoms with Gasteiger partial charge in [-0.1, -0.05) is 18.2 Å². The molecule has 0 unspecified atom stereocenters. The number of amides is 1.